The van der Waals surface area contributed by atoms with Crippen molar-refractivity contribution < 1.29 is 24.3 Å². The standard InChI is InChI=1S/C16H12Br3N3O6/c1-27-16-12(23)3-2-8(14(16)22(25)26)6-20-21-13(24)7-28-15-10(18)4-9(17)5-11(15)19/h2-6,23H,7H2,1H3,(H,21,24). The number of nitro groups is 1. The van der Waals surface area contributed by atoms with E-state index in [1.807, 2.05) is 0 Å². The second kappa shape index (κ2) is 9.85. The minimum atomic E-state index is -0.715. The molecule has 2 N–H and O–H groups in total. The van der Waals surface area contributed by atoms with Crippen molar-refractivity contribution in [3.63, 3.8) is 0 Å². The van der Waals surface area contributed by atoms with Gasteiger partial charge in [-0.1, -0.05) is 15.9 Å². The Bertz CT molecular complexity index is 928. The molecular formula is C16H12Br3N3O6. The van der Waals surface area contributed by atoms with Crippen molar-refractivity contribution in [1.29, 1.82) is 0 Å². The number of nitrogens with zero attached hydrogens (tertiary/aromatic N) is 2. The van der Waals surface area contributed by atoms with E-state index in [4.69, 9.17) is 9.47 Å². The van der Waals surface area contributed by atoms with Crippen LogP contribution < -0.4 is 14.9 Å². The van der Waals surface area contributed by atoms with E-state index in [9.17, 15) is 20.0 Å². The predicted molar refractivity (Wildman–Crippen MR) is 112 cm³/mol. The summed E-state index contributed by atoms with van der Waals surface area (Å²) < 4.78 is 12.4. The van der Waals surface area contributed by atoms with Gasteiger partial charge < -0.3 is 14.6 Å². The molecule has 148 valence electrons. The van der Waals surface area contributed by atoms with E-state index in [1.165, 1.54) is 19.2 Å². The van der Waals surface area contributed by atoms with Gasteiger partial charge in [0.1, 0.15) is 5.75 Å². The average molecular weight is 582 g/mol. The molecule has 1 amide bonds. The Labute approximate surface area is 184 Å². The molecule has 2 aromatic carbocycles. The molecule has 0 aliphatic rings. The van der Waals surface area contributed by atoms with Crippen LogP contribution in [0, 0.1) is 10.1 Å². The summed E-state index contributed by atoms with van der Waals surface area (Å²) in [7, 11) is 1.19. The zero-order valence-corrected chi connectivity index (χ0v) is 18.9. The average Bonchev–Trinajstić information content (AvgIpc) is 2.61. The first-order chi connectivity index (χ1) is 13.2. The van der Waals surface area contributed by atoms with Gasteiger partial charge in [0.2, 0.25) is 5.75 Å². The molecule has 2 rings (SSSR count). The highest BCUT2D eigenvalue weighted by molar-refractivity contribution is 9.11. The summed E-state index contributed by atoms with van der Waals surface area (Å²) in [6, 6.07) is 6.01. The SMILES string of the molecule is COc1c(O)ccc(C=NNC(=O)COc2c(Br)cc(Br)cc2Br)c1[N+](=O)[O-]. The van der Waals surface area contributed by atoms with Crippen molar-refractivity contribution in [2.75, 3.05) is 13.7 Å². The maximum Gasteiger partial charge on any atom is 0.323 e. The van der Waals surface area contributed by atoms with Crippen molar-refractivity contribution in [1.82, 2.24) is 5.43 Å². The second-order valence-electron chi connectivity index (χ2n) is 5.09. The summed E-state index contributed by atoms with van der Waals surface area (Å²) in [5, 5.41) is 24.6. The fourth-order valence-corrected chi connectivity index (χ4v) is 4.57. The van der Waals surface area contributed by atoms with Crippen LogP contribution in [-0.2, 0) is 4.79 Å². The molecule has 0 aromatic heterocycles. The molecule has 12 heteroatoms. The van der Waals surface area contributed by atoms with E-state index in [-0.39, 0.29) is 23.7 Å². The molecule has 0 aliphatic heterocycles. The highest BCUT2D eigenvalue weighted by Crippen LogP contribution is 2.38. The molecule has 0 spiro atoms. The van der Waals surface area contributed by atoms with E-state index in [2.05, 4.69) is 58.3 Å². The largest absolute Gasteiger partial charge is 0.504 e. The van der Waals surface area contributed by atoms with E-state index in [0.29, 0.717) is 14.7 Å². The van der Waals surface area contributed by atoms with E-state index < -0.39 is 16.5 Å². The number of amides is 1. The number of hydrogen-bond donors (Lipinski definition) is 2. The van der Waals surface area contributed by atoms with Crippen LogP contribution >= 0.6 is 47.8 Å². The van der Waals surface area contributed by atoms with Crippen molar-refractivity contribution >= 4 is 65.6 Å². The Morgan fingerprint density at radius 3 is 2.50 bits per heavy atom. The summed E-state index contributed by atoms with van der Waals surface area (Å²) in [5.74, 6) is -0.824. The van der Waals surface area contributed by atoms with Crippen molar-refractivity contribution in [3.05, 3.63) is 53.4 Å². The molecule has 0 unspecified atom stereocenters. The Balaban J connectivity index is 2.06. The third kappa shape index (κ3) is 5.42. The number of ether oxygens (including phenoxy) is 2. The number of carbonyl (C=O) groups excluding carboxylic acids is 1. The lowest BCUT2D eigenvalue weighted by Gasteiger charge is -2.10. The molecule has 0 saturated heterocycles. The number of halogens is 3. The number of methoxy groups -OCH3 is 1. The molecule has 0 heterocycles. The molecule has 0 atom stereocenters. The summed E-state index contributed by atoms with van der Waals surface area (Å²) in [5.41, 5.74) is 1.78. The van der Waals surface area contributed by atoms with Crippen molar-refractivity contribution in [3.8, 4) is 17.2 Å². The van der Waals surface area contributed by atoms with Gasteiger partial charge in [0.15, 0.2) is 12.4 Å². The number of benzene rings is 2. The van der Waals surface area contributed by atoms with Crippen LogP contribution in [0.3, 0.4) is 0 Å². The lowest BCUT2D eigenvalue weighted by molar-refractivity contribution is -0.386. The lowest BCUT2D eigenvalue weighted by atomic mass is 10.1. The van der Waals surface area contributed by atoms with Gasteiger partial charge in [0.05, 0.1) is 32.8 Å². The van der Waals surface area contributed by atoms with Crippen LogP contribution in [0.15, 0.2) is 42.8 Å². The van der Waals surface area contributed by atoms with Crippen LogP contribution in [0.25, 0.3) is 0 Å². The minimum Gasteiger partial charge on any atom is -0.504 e. The molecule has 0 fully saturated rings. The number of phenols is 1. The first-order valence-corrected chi connectivity index (χ1v) is 9.76. The van der Waals surface area contributed by atoms with Crippen LogP contribution in [0.5, 0.6) is 17.2 Å². The smallest absolute Gasteiger partial charge is 0.323 e. The Morgan fingerprint density at radius 1 is 1.29 bits per heavy atom. The molecule has 9 nitrogen and oxygen atoms in total. The van der Waals surface area contributed by atoms with Crippen LogP contribution in [0.2, 0.25) is 0 Å². The number of carbonyl (C=O) groups is 1. The van der Waals surface area contributed by atoms with Gasteiger partial charge >= 0.3 is 5.69 Å². The van der Waals surface area contributed by atoms with Crippen LogP contribution in [0.1, 0.15) is 5.56 Å². The number of hydrogen-bond acceptors (Lipinski definition) is 7. The van der Waals surface area contributed by atoms with Gasteiger partial charge in [-0.15, -0.1) is 0 Å². The molecule has 0 bridgehead atoms. The number of nitrogens with one attached hydrogen (secondary N) is 1. The third-order valence-electron chi connectivity index (χ3n) is 3.23. The first kappa shape index (κ1) is 22.1. The molecule has 28 heavy (non-hydrogen) atoms. The quantitative estimate of drug-likeness (QED) is 0.288. The topological polar surface area (TPSA) is 123 Å². The molecule has 0 radical (unpaired) electrons. The van der Waals surface area contributed by atoms with Gasteiger partial charge in [-0.25, -0.2) is 5.43 Å². The number of rotatable bonds is 7. The maximum absolute atomic E-state index is 11.9. The zero-order valence-electron chi connectivity index (χ0n) is 14.1. The van der Waals surface area contributed by atoms with Crippen molar-refractivity contribution in [2.45, 2.75) is 0 Å². The summed E-state index contributed by atoms with van der Waals surface area (Å²) in [6.45, 7) is -0.336. The fourth-order valence-electron chi connectivity index (χ4n) is 2.08. The molecule has 0 saturated carbocycles. The first-order valence-electron chi connectivity index (χ1n) is 7.38. The minimum absolute atomic E-state index is 0.0410. The number of hydrazone groups is 1. The molecular weight excluding hydrogens is 570 g/mol. The Hall–Kier alpha value is -2.18. The lowest BCUT2D eigenvalue weighted by Crippen LogP contribution is -2.24. The summed E-state index contributed by atoms with van der Waals surface area (Å²) in [4.78, 5) is 22.4. The van der Waals surface area contributed by atoms with E-state index in [1.54, 1.807) is 12.1 Å². The van der Waals surface area contributed by atoms with Crippen LogP contribution in [0.4, 0.5) is 5.69 Å². The van der Waals surface area contributed by atoms with E-state index >= 15 is 0 Å². The van der Waals surface area contributed by atoms with Gasteiger partial charge in [-0.3, -0.25) is 14.9 Å². The zero-order chi connectivity index (χ0) is 20.8. The Kier molecular flexibility index (Phi) is 7.78. The molecule has 0 aliphatic carbocycles. The van der Waals surface area contributed by atoms with Gasteiger partial charge in [0.25, 0.3) is 5.91 Å². The number of phenolic OH excluding ortho intramolecular Hbond substituents is 1. The van der Waals surface area contributed by atoms with Gasteiger partial charge in [-0.2, -0.15) is 5.10 Å². The van der Waals surface area contributed by atoms with E-state index in [0.717, 1.165) is 10.7 Å². The summed E-state index contributed by atoms with van der Waals surface area (Å²) >= 11 is 9.99. The molecule has 2 aromatic rings. The highest BCUT2D eigenvalue weighted by Gasteiger charge is 2.23. The predicted octanol–water partition coefficient (Wildman–Crippen LogP) is 4.13. The van der Waals surface area contributed by atoms with Gasteiger partial charge in [0, 0.05) is 4.47 Å². The fraction of sp³-hybridized carbons (Fsp3) is 0.125. The van der Waals surface area contributed by atoms with Crippen molar-refractivity contribution in [2.24, 2.45) is 5.10 Å². The van der Waals surface area contributed by atoms with Crippen LogP contribution in [-0.4, -0.2) is 35.9 Å². The van der Waals surface area contributed by atoms with Gasteiger partial charge in [-0.05, 0) is 56.1 Å². The number of aromatic hydroxyl groups is 1. The monoisotopic (exact) mass is 579 g/mol. The maximum atomic E-state index is 11.9. The highest BCUT2D eigenvalue weighted by atomic mass is 79.9. The normalized spacial score (nSPS) is 10.7. The third-order valence-corrected chi connectivity index (χ3v) is 4.87. The summed E-state index contributed by atoms with van der Waals surface area (Å²) in [6.07, 6.45) is 1.07. The Morgan fingerprint density at radius 2 is 1.93 bits per heavy atom. The second-order valence-corrected chi connectivity index (χ2v) is 7.72. The number of nitro benzene ring substituents is 1.